The molecule has 108 valence electrons. The van der Waals surface area contributed by atoms with E-state index in [-0.39, 0.29) is 18.7 Å². The summed E-state index contributed by atoms with van der Waals surface area (Å²) in [6, 6.07) is -1.04. The number of carbonyl (C=O) groups excluding carboxylic acids is 1. The largest absolute Gasteiger partial charge is 0.480 e. The number of carbonyl (C=O) groups is 2. The molecule has 0 aromatic carbocycles. The molecular weight excluding hydrogens is 268 g/mol. The van der Waals surface area contributed by atoms with Crippen LogP contribution in [-0.4, -0.2) is 37.7 Å². The summed E-state index contributed by atoms with van der Waals surface area (Å²) < 4.78 is 1.07. The molecular formula is C11H14N4O5. The van der Waals surface area contributed by atoms with Gasteiger partial charge in [-0.25, -0.2) is 4.79 Å². The highest BCUT2D eigenvalue weighted by atomic mass is 16.6. The number of carboxylic acids is 1. The molecule has 0 radical (unpaired) electrons. The summed E-state index contributed by atoms with van der Waals surface area (Å²) >= 11 is 0. The molecule has 0 fully saturated rings. The monoisotopic (exact) mass is 282 g/mol. The Morgan fingerprint density at radius 3 is 2.85 bits per heavy atom. The predicted molar refractivity (Wildman–Crippen MR) is 67.9 cm³/mol. The van der Waals surface area contributed by atoms with E-state index in [1.807, 2.05) is 0 Å². The average molecular weight is 282 g/mol. The van der Waals surface area contributed by atoms with Crippen LogP contribution in [0.15, 0.2) is 24.5 Å². The summed E-state index contributed by atoms with van der Waals surface area (Å²) in [5.41, 5.74) is -0.235. The van der Waals surface area contributed by atoms with Crippen molar-refractivity contribution in [1.29, 1.82) is 0 Å². The number of nitrogens with zero attached hydrogens (tertiary/aromatic N) is 3. The standard InChI is InChI=1S/C11H14N4O5/c1-2-3-4-9(11(17)18)13-10(16)7-14-6-8(5-12-14)15(19)20/h2-3,5-6,9H,4,7H2,1H3,(H,13,16)(H,17,18)/b3-2+. The van der Waals surface area contributed by atoms with E-state index in [1.54, 1.807) is 19.1 Å². The second-order valence-electron chi connectivity index (χ2n) is 3.92. The van der Waals surface area contributed by atoms with Gasteiger partial charge in [0.15, 0.2) is 0 Å². The molecule has 0 spiro atoms. The molecule has 1 aromatic heterocycles. The molecule has 1 heterocycles. The summed E-state index contributed by atoms with van der Waals surface area (Å²) in [7, 11) is 0. The van der Waals surface area contributed by atoms with Crippen LogP contribution in [0.2, 0.25) is 0 Å². The van der Waals surface area contributed by atoms with Gasteiger partial charge in [-0.15, -0.1) is 0 Å². The van der Waals surface area contributed by atoms with Crippen LogP contribution < -0.4 is 5.32 Å². The molecule has 0 bridgehead atoms. The summed E-state index contributed by atoms with van der Waals surface area (Å²) in [5, 5.41) is 25.3. The minimum absolute atomic E-state index is 0.164. The zero-order chi connectivity index (χ0) is 15.1. The van der Waals surface area contributed by atoms with Crippen molar-refractivity contribution in [2.75, 3.05) is 0 Å². The number of hydrogen-bond acceptors (Lipinski definition) is 5. The average Bonchev–Trinajstić information content (AvgIpc) is 2.82. The van der Waals surface area contributed by atoms with Gasteiger partial charge >= 0.3 is 11.7 Å². The fourth-order valence-corrected chi connectivity index (χ4v) is 1.41. The topological polar surface area (TPSA) is 127 Å². The zero-order valence-electron chi connectivity index (χ0n) is 10.7. The Balaban J connectivity index is 2.60. The molecule has 1 rings (SSSR count). The highest BCUT2D eigenvalue weighted by Crippen LogP contribution is 2.07. The van der Waals surface area contributed by atoms with Gasteiger partial charge in [-0.2, -0.15) is 5.10 Å². The lowest BCUT2D eigenvalue weighted by Gasteiger charge is -2.12. The van der Waals surface area contributed by atoms with E-state index in [0.29, 0.717) is 0 Å². The number of allylic oxidation sites excluding steroid dienone is 1. The summed E-state index contributed by atoms with van der Waals surface area (Å²) in [5.74, 6) is -1.73. The minimum atomic E-state index is -1.15. The van der Waals surface area contributed by atoms with Gasteiger partial charge < -0.3 is 10.4 Å². The summed E-state index contributed by atoms with van der Waals surface area (Å²) in [6.45, 7) is 1.46. The maximum absolute atomic E-state index is 11.6. The van der Waals surface area contributed by atoms with Crippen molar-refractivity contribution in [3.05, 3.63) is 34.7 Å². The van der Waals surface area contributed by atoms with Crippen molar-refractivity contribution in [1.82, 2.24) is 15.1 Å². The van der Waals surface area contributed by atoms with Gasteiger partial charge in [-0.1, -0.05) is 12.2 Å². The van der Waals surface area contributed by atoms with Gasteiger partial charge in [0.25, 0.3) is 0 Å². The summed E-state index contributed by atoms with van der Waals surface area (Å²) in [4.78, 5) is 32.4. The van der Waals surface area contributed by atoms with Crippen LogP contribution in [0.4, 0.5) is 5.69 Å². The molecule has 0 aliphatic heterocycles. The Labute approximate surface area is 114 Å². The first-order chi connectivity index (χ1) is 9.43. The zero-order valence-corrected chi connectivity index (χ0v) is 10.7. The lowest BCUT2D eigenvalue weighted by molar-refractivity contribution is -0.385. The molecule has 1 aromatic rings. The van der Waals surface area contributed by atoms with E-state index < -0.39 is 22.8 Å². The normalized spacial score (nSPS) is 12.2. The first-order valence-corrected chi connectivity index (χ1v) is 5.74. The van der Waals surface area contributed by atoms with Crippen molar-refractivity contribution in [2.45, 2.75) is 25.9 Å². The third-order valence-corrected chi connectivity index (χ3v) is 2.38. The Bertz CT molecular complexity index is 537. The Morgan fingerprint density at radius 2 is 2.35 bits per heavy atom. The molecule has 1 unspecified atom stereocenters. The number of aromatic nitrogens is 2. The number of nitrogens with one attached hydrogen (secondary N) is 1. The molecule has 9 nitrogen and oxygen atoms in total. The van der Waals surface area contributed by atoms with Crippen molar-refractivity contribution in [3.8, 4) is 0 Å². The van der Waals surface area contributed by atoms with E-state index in [2.05, 4.69) is 10.4 Å². The van der Waals surface area contributed by atoms with Crippen LogP contribution in [0.1, 0.15) is 13.3 Å². The third-order valence-electron chi connectivity index (χ3n) is 2.38. The summed E-state index contributed by atoms with van der Waals surface area (Å²) in [6.07, 6.45) is 5.58. The lowest BCUT2D eigenvalue weighted by atomic mass is 10.2. The molecule has 0 aliphatic carbocycles. The van der Waals surface area contributed by atoms with Crippen LogP contribution >= 0.6 is 0 Å². The van der Waals surface area contributed by atoms with Crippen LogP contribution in [0.3, 0.4) is 0 Å². The number of amides is 1. The number of aliphatic carboxylic acids is 1. The van der Waals surface area contributed by atoms with Crippen LogP contribution in [0, 0.1) is 10.1 Å². The van der Waals surface area contributed by atoms with Gasteiger partial charge in [0.2, 0.25) is 5.91 Å². The second kappa shape index (κ2) is 7.02. The van der Waals surface area contributed by atoms with Crippen molar-refractivity contribution < 1.29 is 19.6 Å². The maximum atomic E-state index is 11.6. The van der Waals surface area contributed by atoms with E-state index in [4.69, 9.17) is 5.11 Å². The van der Waals surface area contributed by atoms with Crippen molar-refractivity contribution >= 4 is 17.6 Å². The Morgan fingerprint density at radius 1 is 1.65 bits per heavy atom. The van der Waals surface area contributed by atoms with Gasteiger partial charge in [0, 0.05) is 0 Å². The highest BCUT2D eigenvalue weighted by Gasteiger charge is 2.19. The smallest absolute Gasteiger partial charge is 0.326 e. The number of carboxylic acid groups (broad SMARTS) is 1. The SMILES string of the molecule is C/C=C/CC(NC(=O)Cn1cc([N+](=O)[O-])cn1)C(=O)O. The molecule has 1 amide bonds. The Kier molecular flexibility index (Phi) is 5.39. The molecule has 0 saturated carbocycles. The highest BCUT2D eigenvalue weighted by molar-refractivity contribution is 5.83. The molecule has 2 N–H and O–H groups in total. The van der Waals surface area contributed by atoms with E-state index in [0.717, 1.165) is 17.1 Å². The van der Waals surface area contributed by atoms with Crippen LogP contribution in [0.5, 0.6) is 0 Å². The molecule has 0 aliphatic rings. The first-order valence-electron chi connectivity index (χ1n) is 5.74. The van der Waals surface area contributed by atoms with Gasteiger partial charge in [-0.05, 0) is 13.3 Å². The maximum Gasteiger partial charge on any atom is 0.326 e. The molecule has 0 saturated heterocycles. The lowest BCUT2D eigenvalue weighted by Crippen LogP contribution is -2.42. The van der Waals surface area contributed by atoms with Gasteiger partial charge in [0.1, 0.15) is 25.0 Å². The molecule has 20 heavy (non-hydrogen) atoms. The van der Waals surface area contributed by atoms with Crippen molar-refractivity contribution in [2.24, 2.45) is 0 Å². The minimum Gasteiger partial charge on any atom is -0.480 e. The molecule has 1 atom stereocenters. The predicted octanol–water partition coefficient (Wildman–Crippen LogP) is 0.327. The van der Waals surface area contributed by atoms with Crippen LogP contribution in [-0.2, 0) is 16.1 Å². The Hall–Kier alpha value is -2.71. The van der Waals surface area contributed by atoms with Crippen LogP contribution in [0.25, 0.3) is 0 Å². The number of nitro groups is 1. The quantitative estimate of drug-likeness (QED) is 0.421. The van der Waals surface area contributed by atoms with E-state index in [1.165, 1.54) is 0 Å². The first kappa shape index (κ1) is 15.3. The second-order valence-corrected chi connectivity index (χ2v) is 3.92. The molecule has 9 heteroatoms. The number of rotatable bonds is 7. The van der Waals surface area contributed by atoms with E-state index >= 15 is 0 Å². The fourth-order valence-electron chi connectivity index (χ4n) is 1.41. The third kappa shape index (κ3) is 4.52. The van der Waals surface area contributed by atoms with Gasteiger partial charge in [-0.3, -0.25) is 19.6 Å². The van der Waals surface area contributed by atoms with Gasteiger partial charge in [0.05, 0.1) is 4.92 Å². The fraction of sp³-hybridized carbons (Fsp3) is 0.364. The van der Waals surface area contributed by atoms with E-state index in [9.17, 15) is 19.7 Å². The van der Waals surface area contributed by atoms with Crippen molar-refractivity contribution in [3.63, 3.8) is 0 Å². The number of hydrogen-bond donors (Lipinski definition) is 2.